The molecule has 8 heteroatoms. The number of hydrogen-bond acceptors (Lipinski definition) is 4. The highest BCUT2D eigenvalue weighted by atomic mass is 127. The molecule has 0 radical (unpaired) electrons. The SMILES string of the molecule is Cc1cc(C(c2ccc3cc(C(c4cc(C)c(O)c(I)c4C)c4cc(C)c(O)c(I)c4C)ccc3c2)c2cc(C)c(O)c(I)c2C)c(C)c(I)c1O. The van der Waals surface area contributed by atoms with Crippen LogP contribution in [-0.4, -0.2) is 20.4 Å². The molecular weight excluding hydrogens is 1100 g/mol. The number of hydrogen-bond donors (Lipinski definition) is 4. The molecule has 0 saturated heterocycles. The lowest BCUT2D eigenvalue weighted by atomic mass is 9.78. The molecule has 0 heterocycles. The van der Waals surface area contributed by atoms with Crippen LogP contribution in [0.3, 0.4) is 0 Å². The van der Waals surface area contributed by atoms with Gasteiger partial charge in [-0.25, -0.2) is 0 Å². The van der Waals surface area contributed by atoms with Crippen LogP contribution in [0.5, 0.6) is 23.0 Å². The van der Waals surface area contributed by atoms with E-state index in [4.69, 9.17) is 0 Å². The maximum Gasteiger partial charge on any atom is 0.132 e. The lowest BCUT2D eigenvalue weighted by Crippen LogP contribution is -2.11. The van der Waals surface area contributed by atoms with E-state index >= 15 is 0 Å². The molecule has 6 aromatic carbocycles. The van der Waals surface area contributed by atoms with Crippen molar-refractivity contribution >= 4 is 101 Å². The molecular formula is C44H40I4O4. The monoisotopic (exact) mass is 1140 g/mol. The van der Waals surface area contributed by atoms with Gasteiger partial charge in [0.15, 0.2) is 0 Å². The van der Waals surface area contributed by atoms with E-state index < -0.39 is 0 Å². The average molecular weight is 1140 g/mol. The summed E-state index contributed by atoms with van der Waals surface area (Å²) in [6.07, 6.45) is 0. The number of aryl methyl sites for hydroxylation is 4. The van der Waals surface area contributed by atoms with E-state index in [-0.39, 0.29) is 11.8 Å². The molecule has 0 unspecified atom stereocenters. The smallest absolute Gasteiger partial charge is 0.132 e. The van der Waals surface area contributed by atoms with Crippen molar-refractivity contribution in [2.75, 3.05) is 0 Å². The Hall–Kier alpha value is -2.30. The van der Waals surface area contributed by atoms with Crippen LogP contribution in [0.1, 0.15) is 89.7 Å². The van der Waals surface area contributed by atoms with Crippen LogP contribution in [0.2, 0.25) is 0 Å². The predicted molar refractivity (Wildman–Crippen MR) is 247 cm³/mol. The summed E-state index contributed by atoms with van der Waals surface area (Å²) in [5.74, 6) is 1.00. The number of fused-ring (bicyclic) bond motifs is 1. The van der Waals surface area contributed by atoms with Crippen molar-refractivity contribution in [1.29, 1.82) is 0 Å². The lowest BCUT2D eigenvalue weighted by molar-refractivity contribution is 0.465. The highest BCUT2D eigenvalue weighted by molar-refractivity contribution is 14.1. The minimum absolute atomic E-state index is 0.133. The minimum Gasteiger partial charge on any atom is -0.507 e. The van der Waals surface area contributed by atoms with Gasteiger partial charge in [0.25, 0.3) is 0 Å². The molecule has 0 aromatic heterocycles. The van der Waals surface area contributed by atoms with Gasteiger partial charge in [0.1, 0.15) is 23.0 Å². The summed E-state index contributed by atoms with van der Waals surface area (Å²) in [6, 6.07) is 21.8. The summed E-state index contributed by atoms with van der Waals surface area (Å²) < 4.78 is 3.39. The molecule has 0 aliphatic carbocycles. The Morgan fingerprint density at radius 3 is 0.827 bits per heavy atom. The summed E-state index contributed by atoms with van der Waals surface area (Å²) in [4.78, 5) is 0. The molecule has 4 N–H and O–H groups in total. The first-order chi connectivity index (χ1) is 24.4. The topological polar surface area (TPSA) is 80.9 Å². The van der Waals surface area contributed by atoms with Gasteiger partial charge in [0, 0.05) is 11.8 Å². The summed E-state index contributed by atoms with van der Waals surface area (Å²) in [5.41, 5.74) is 14.2. The van der Waals surface area contributed by atoms with Crippen LogP contribution in [0, 0.1) is 69.7 Å². The number of benzene rings is 6. The van der Waals surface area contributed by atoms with Gasteiger partial charge < -0.3 is 20.4 Å². The maximum absolute atomic E-state index is 10.8. The molecule has 0 atom stereocenters. The van der Waals surface area contributed by atoms with Crippen LogP contribution in [-0.2, 0) is 0 Å². The van der Waals surface area contributed by atoms with Gasteiger partial charge in [-0.3, -0.25) is 0 Å². The minimum atomic E-state index is -0.133. The third-order valence-electron chi connectivity index (χ3n) is 10.7. The standard InChI is InChI=1S/C44H40I4O4/c1-19-13-31(23(5)37(45)41(19)49)35(32-14-20(2)42(50)38(46)24(32)6)29-11-9-28-18-30(12-10-27(28)17-29)36(33-15-21(3)43(51)39(47)25(33)7)34-16-22(4)44(52)40(48)26(34)8/h9-18,35-36,49-52H,1-8H3. The molecule has 0 amide bonds. The normalized spacial score (nSPS) is 11.7. The number of aromatic hydroxyl groups is 4. The molecule has 268 valence electrons. The highest BCUT2D eigenvalue weighted by Gasteiger charge is 2.28. The van der Waals surface area contributed by atoms with E-state index in [1.807, 2.05) is 27.7 Å². The highest BCUT2D eigenvalue weighted by Crippen LogP contribution is 2.46. The average Bonchev–Trinajstić information content (AvgIpc) is 3.13. The lowest BCUT2D eigenvalue weighted by Gasteiger charge is -2.27. The number of halogens is 4. The van der Waals surface area contributed by atoms with E-state index in [0.29, 0.717) is 23.0 Å². The Labute approximate surface area is 360 Å². The second kappa shape index (κ2) is 15.1. The van der Waals surface area contributed by atoms with Crippen molar-refractivity contribution in [1.82, 2.24) is 0 Å². The van der Waals surface area contributed by atoms with Crippen molar-refractivity contribution in [2.24, 2.45) is 0 Å². The fourth-order valence-corrected chi connectivity index (χ4v) is 10.4. The van der Waals surface area contributed by atoms with E-state index in [2.05, 4.69) is 179 Å². The van der Waals surface area contributed by atoms with Crippen molar-refractivity contribution in [3.63, 3.8) is 0 Å². The molecule has 6 rings (SSSR count). The molecule has 6 aromatic rings. The van der Waals surface area contributed by atoms with Gasteiger partial charge in [-0.05, 0) is 234 Å². The number of phenolic OH excluding ortho intramolecular Hbond substituents is 4. The zero-order valence-corrected chi connectivity index (χ0v) is 38.9. The van der Waals surface area contributed by atoms with Crippen molar-refractivity contribution in [3.8, 4) is 23.0 Å². The van der Waals surface area contributed by atoms with Gasteiger partial charge in [0.2, 0.25) is 0 Å². The summed E-state index contributed by atoms with van der Waals surface area (Å²) in [6.45, 7) is 16.1. The van der Waals surface area contributed by atoms with E-state index in [1.165, 1.54) is 0 Å². The van der Waals surface area contributed by atoms with Gasteiger partial charge >= 0.3 is 0 Å². The van der Waals surface area contributed by atoms with Crippen LogP contribution < -0.4 is 0 Å². The van der Waals surface area contributed by atoms with Crippen LogP contribution >= 0.6 is 90.4 Å². The van der Waals surface area contributed by atoms with Gasteiger partial charge in [-0.15, -0.1) is 0 Å². The van der Waals surface area contributed by atoms with Crippen molar-refractivity contribution in [3.05, 3.63) is 153 Å². The third-order valence-corrected chi connectivity index (χ3v) is 15.9. The number of rotatable bonds is 6. The summed E-state index contributed by atoms with van der Waals surface area (Å²) in [5, 5.41) is 45.6. The van der Waals surface area contributed by atoms with Gasteiger partial charge in [-0.2, -0.15) is 0 Å². The first kappa shape index (κ1) is 39.4. The zero-order valence-electron chi connectivity index (χ0n) is 30.2. The van der Waals surface area contributed by atoms with Crippen LogP contribution in [0.25, 0.3) is 10.8 Å². The Balaban J connectivity index is 1.59. The molecule has 0 fully saturated rings. The fourth-order valence-electron chi connectivity index (χ4n) is 7.44. The Morgan fingerprint density at radius 1 is 0.365 bits per heavy atom. The summed E-state index contributed by atoms with van der Waals surface area (Å²) in [7, 11) is 0. The summed E-state index contributed by atoms with van der Waals surface area (Å²) >= 11 is 8.99. The van der Waals surface area contributed by atoms with Crippen LogP contribution in [0.15, 0.2) is 60.7 Å². The van der Waals surface area contributed by atoms with Crippen LogP contribution in [0.4, 0.5) is 0 Å². The largest absolute Gasteiger partial charge is 0.507 e. The second-order valence-corrected chi connectivity index (χ2v) is 18.3. The molecule has 52 heavy (non-hydrogen) atoms. The zero-order chi connectivity index (χ0) is 38.1. The third kappa shape index (κ3) is 6.80. The second-order valence-electron chi connectivity index (χ2n) is 14.0. The van der Waals surface area contributed by atoms with E-state index in [1.54, 1.807) is 0 Å². The molecule has 0 bridgehead atoms. The predicted octanol–water partition coefficient (Wildman–Crippen LogP) is 12.9. The molecule has 0 spiro atoms. The number of phenols is 4. The Kier molecular flexibility index (Phi) is 11.4. The fraction of sp³-hybridized carbons (Fsp3) is 0.227. The first-order valence-corrected chi connectivity index (χ1v) is 21.2. The molecule has 0 saturated carbocycles. The molecule has 4 nitrogen and oxygen atoms in total. The maximum atomic E-state index is 10.8. The van der Waals surface area contributed by atoms with E-state index in [9.17, 15) is 20.4 Å². The Bertz CT molecular complexity index is 2150. The van der Waals surface area contributed by atoms with E-state index in [0.717, 1.165) is 103 Å². The molecule has 0 aliphatic heterocycles. The van der Waals surface area contributed by atoms with Gasteiger partial charge in [-0.1, -0.05) is 60.7 Å². The Morgan fingerprint density at radius 2 is 0.596 bits per heavy atom. The van der Waals surface area contributed by atoms with Crippen molar-refractivity contribution < 1.29 is 20.4 Å². The van der Waals surface area contributed by atoms with Crippen molar-refractivity contribution in [2.45, 2.75) is 67.2 Å². The first-order valence-electron chi connectivity index (χ1n) is 16.9. The quantitative estimate of drug-likeness (QED) is 0.0990. The molecule has 0 aliphatic rings. The van der Waals surface area contributed by atoms with Gasteiger partial charge in [0.05, 0.1) is 14.3 Å².